The maximum absolute atomic E-state index is 11.3. The molecule has 0 N–H and O–H groups in total. The molecule has 100 valence electrons. The SMILES string of the molecule is O=[N+]([O-])c1nn(C2CCCCC2)cc1S(=O)(=O)Cl. The van der Waals surface area contributed by atoms with Crippen molar-refractivity contribution in [3.63, 3.8) is 0 Å². The van der Waals surface area contributed by atoms with E-state index < -0.39 is 24.7 Å². The summed E-state index contributed by atoms with van der Waals surface area (Å²) in [6, 6.07) is 0.0182. The van der Waals surface area contributed by atoms with Crippen molar-refractivity contribution in [3.05, 3.63) is 16.3 Å². The van der Waals surface area contributed by atoms with Crippen LogP contribution >= 0.6 is 10.7 Å². The molecule has 1 aliphatic carbocycles. The molecule has 0 bridgehead atoms. The van der Waals surface area contributed by atoms with E-state index in [1.807, 2.05) is 0 Å². The van der Waals surface area contributed by atoms with Crippen molar-refractivity contribution in [2.45, 2.75) is 43.0 Å². The van der Waals surface area contributed by atoms with Crippen molar-refractivity contribution in [1.82, 2.24) is 9.78 Å². The largest absolute Gasteiger partial charge is 0.410 e. The molecule has 0 amide bonds. The lowest BCUT2D eigenvalue weighted by Gasteiger charge is -2.18. The number of hydrogen-bond acceptors (Lipinski definition) is 5. The van der Waals surface area contributed by atoms with Crippen molar-refractivity contribution < 1.29 is 13.3 Å². The van der Waals surface area contributed by atoms with Gasteiger partial charge < -0.3 is 10.1 Å². The second-order valence-corrected chi connectivity index (χ2v) is 6.82. The molecule has 1 aromatic heterocycles. The summed E-state index contributed by atoms with van der Waals surface area (Å²) in [5.41, 5.74) is 0. The van der Waals surface area contributed by atoms with Gasteiger partial charge in [-0.05, 0) is 17.8 Å². The van der Waals surface area contributed by atoms with Gasteiger partial charge in [0.25, 0.3) is 9.05 Å². The summed E-state index contributed by atoms with van der Waals surface area (Å²) < 4.78 is 23.9. The lowest BCUT2D eigenvalue weighted by molar-refractivity contribution is -0.392. The predicted octanol–water partition coefficient (Wildman–Crippen LogP) is 2.22. The second-order valence-electron chi connectivity index (χ2n) is 4.28. The summed E-state index contributed by atoms with van der Waals surface area (Å²) in [4.78, 5) is 9.42. The molecule has 1 saturated carbocycles. The molecule has 1 heterocycles. The fourth-order valence-corrected chi connectivity index (χ4v) is 3.09. The highest BCUT2D eigenvalue weighted by Crippen LogP contribution is 2.32. The van der Waals surface area contributed by atoms with E-state index in [-0.39, 0.29) is 6.04 Å². The van der Waals surface area contributed by atoms with Crippen LogP contribution in [0.4, 0.5) is 5.82 Å². The van der Waals surface area contributed by atoms with Gasteiger partial charge in [-0.25, -0.2) is 8.42 Å². The van der Waals surface area contributed by atoms with E-state index in [0.717, 1.165) is 38.3 Å². The minimum absolute atomic E-state index is 0.0182. The van der Waals surface area contributed by atoms with E-state index in [1.165, 1.54) is 4.68 Å². The van der Waals surface area contributed by atoms with Gasteiger partial charge in [0, 0.05) is 10.7 Å². The smallest absolute Gasteiger partial charge is 0.358 e. The van der Waals surface area contributed by atoms with Gasteiger partial charge in [-0.1, -0.05) is 19.3 Å². The molecule has 0 radical (unpaired) electrons. The third kappa shape index (κ3) is 2.64. The molecule has 9 heteroatoms. The molecule has 2 rings (SSSR count). The van der Waals surface area contributed by atoms with Gasteiger partial charge in [0.1, 0.15) is 0 Å². The van der Waals surface area contributed by atoms with Gasteiger partial charge in [-0.15, -0.1) is 0 Å². The molecule has 0 saturated heterocycles. The number of halogens is 1. The first-order valence-electron chi connectivity index (χ1n) is 5.58. The standard InChI is InChI=1S/C9H12ClN3O4S/c10-18(16,17)8-6-12(11-9(8)13(14)15)7-4-2-1-3-5-7/h6-7H,1-5H2. The third-order valence-corrected chi connectivity index (χ3v) is 4.38. The molecule has 0 unspecified atom stereocenters. The third-order valence-electron chi connectivity index (χ3n) is 3.06. The summed E-state index contributed by atoms with van der Waals surface area (Å²) in [5, 5.41) is 14.5. The Labute approximate surface area is 108 Å². The van der Waals surface area contributed by atoms with E-state index >= 15 is 0 Å². The van der Waals surface area contributed by atoms with Crippen LogP contribution in [-0.4, -0.2) is 23.1 Å². The molecule has 18 heavy (non-hydrogen) atoms. The van der Waals surface area contributed by atoms with Crippen molar-refractivity contribution in [3.8, 4) is 0 Å². The highest BCUT2D eigenvalue weighted by atomic mass is 35.7. The Bertz CT molecular complexity index is 562. The number of nitro groups is 1. The minimum Gasteiger partial charge on any atom is -0.358 e. The van der Waals surface area contributed by atoms with Crippen LogP contribution in [0.15, 0.2) is 11.1 Å². The summed E-state index contributed by atoms with van der Waals surface area (Å²) in [5.74, 6) is -0.699. The Balaban J connectivity index is 2.42. The van der Waals surface area contributed by atoms with Crippen molar-refractivity contribution in [2.24, 2.45) is 0 Å². The quantitative estimate of drug-likeness (QED) is 0.484. The zero-order valence-corrected chi connectivity index (χ0v) is 11.0. The van der Waals surface area contributed by atoms with Crippen LogP contribution in [0.25, 0.3) is 0 Å². The zero-order valence-electron chi connectivity index (χ0n) is 9.45. The fraction of sp³-hybridized carbons (Fsp3) is 0.667. The van der Waals surface area contributed by atoms with Gasteiger partial charge in [0.15, 0.2) is 0 Å². The molecule has 1 aliphatic rings. The lowest BCUT2D eigenvalue weighted by atomic mass is 9.96. The minimum atomic E-state index is -4.15. The molecular weight excluding hydrogens is 282 g/mol. The molecular formula is C9H12ClN3O4S. The van der Waals surface area contributed by atoms with Crippen LogP contribution in [0.5, 0.6) is 0 Å². The normalized spacial score (nSPS) is 17.8. The van der Waals surface area contributed by atoms with Crippen molar-refractivity contribution >= 4 is 25.6 Å². The Morgan fingerprint density at radius 3 is 2.44 bits per heavy atom. The van der Waals surface area contributed by atoms with E-state index in [1.54, 1.807) is 0 Å². The highest BCUT2D eigenvalue weighted by molar-refractivity contribution is 8.13. The maximum Gasteiger partial charge on any atom is 0.410 e. The molecule has 0 aliphatic heterocycles. The molecule has 1 fully saturated rings. The summed E-state index contributed by atoms with van der Waals surface area (Å²) >= 11 is 0. The fourth-order valence-electron chi connectivity index (χ4n) is 2.20. The van der Waals surface area contributed by atoms with Crippen LogP contribution < -0.4 is 0 Å². The van der Waals surface area contributed by atoms with Crippen LogP contribution in [0.3, 0.4) is 0 Å². The van der Waals surface area contributed by atoms with Crippen LogP contribution in [0.1, 0.15) is 38.1 Å². The highest BCUT2D eigenvalue weighted by Gasteiger charge is 2.32. The predicted molar refractivity (Wildman–Crippen MR) is 64.0 cm³/mol. The average Bonchev–Trinajstić information content (AvgIpc) is 2.74. The summed E-state index contributed by atoms with van der Waals surface area (Å²) in [7, 11) is 1.03. The lowest BCUT2D eigenvalue weighted by Crippen LogP contribution is -2.13. The molecule has 7 nitrogen and oxygen atoms in total. The van der Waals surface area contributed by atoms with E-state index in [0.29, 0.717) is 0 Å². The van der Waals surface area contributed by atoms with Gasteiger partial charge in [0.2, 0.25) is 4.90 Å². The first-order valence-corrected chi connectivity index (χ1v) is 7.89. The Hall–Kier alpha value is -1.15. The Kier molecular flexibility index (Phi) is 3.58. The first kappa shape index (κ1) is 13.3. The second kappa shape index (κ2) is 4.85. The summed E-state index contributed by atoms with van der Waals surface area (Å²) in [6.45, 7) is 0. The number of aromatic nitrogens is 2. The number of hydrogen-bond donors (Lipinski definition) is 0. The molecule has 0 aromatic carbocycles. The van der Waals surface area contributed by atoms with Gasteiger partial charge >= 0.3 is 5.82 Å². The molecule has 0 atom stereocenters. The van der Waals surface area contributed by atoms with E-state index in [4.69, 9.17) is 10.7 Å². The van der Waals surface area contributed by atoms with Crippen LogP contribution in [-0.2, 0) is 9.05 Å². The zero-order chi connectivity index (χ0) is 13.3. The maximum atomic E-state index is 11.3. The average molecular weight is 294 g/mol. The topological polar surface area (TPSA) is 95.1 Å². The van der Waals surface area contributed by atoms with E-state index in [9.17, 15) is 18.5 Å². The Morgan fingerprint density at radius 1 is 1.39 bits per heavy atom. The van der Waals surface area contributed by atoms with Crippen LogP contribution in [0, 0.1) is 10.1 Å². The Morgan fingerprint density at radius 2 is 2.00 bits per heavy atom. The summed E-state index contributed by atoms with van der Waals surface area (Å²) in [6.07, 6.45) is 6.01. The first-order chi connectivity index (χ1) is 8.39. The van der Waals surface area contributed by atoms with Gasteiger partial charge in [-0.2, -0.15) is 4.68 Å². The number of nitrogens with zero attached hydrogens (tertiary/aromatic N) is 3. The van der Waals surface area contributed by atoms with Crippen molar-refractivity contribution in [1.29, 1.82) is 0 Å². The van der Waals surface area contributed by atoms with Crippen molar-refractivity contribution in [2.75, 3.05) is 0 Å². The van der Waals surface area contributed by atoms with Gasteiger partial charge in [0.05, 0.1) is 17.3 Å². The number of rotatable bonds is 3. The van der Waals surface area contributed by atoms with Crippen LogP contribution in [0.2, 0.25) is 0 Å². The molecule has 0 spiro atoms. The molecule has 1 aromatic rings. The van der Waals surface area contributed by atoms with Gasteiger partial charge in [-0.3, -0.25) is 0 Å². The van der Waals surface area contributed by atoms with E-state index in [2.05, 4.69) is 5.10 Å². The monoisotopic (exact) mass is 293 g/mol.